The molecule has 1 N–H and O–H groups in total. The van der Waals surface area contributed by atoms with E-state index in [-0.39, 0.29) is 17.0 Å². The largest absolute Gasteiger partial charge is 0.406 e. The maximum Gasteiger partial charge on any atom is 0.255 e. The third-order valence-electron chi connectivity index (χ3n) is 5.81. The highest BCUT2D eigenvalue weighted by molar-refractivity contribution is 6.74. The molecule has 0 saturated carbocycles. The Labute approximate surface area is 190 Å². The van der Waals surface area contributed by atoms with E-state index in [9.17, 15) is 4.79 Å². The van der Waals surface area contributed by atoms with Crippen LogP contribution in [-0.4, -0.2) is 19.2 Å². The van der Waals surface area contributed by atoms with Crippen molar-refractivity contribution in [1.29, 1.82) is 0 Å². The Balaban J connectivity index is 2.06. The summed E-state index contributed by atoms with van der Waals surface area (Å²) in [4.78, 5) is 16.8. The minimum Gasteiger partial charge on any atom is -0.406 e. The van der Waals surface area contributed by atoms with Crippen molar-refractivity contribution in [3.8, 4) is 0 Å². The molecule has 1 amide bonds. The van der Waals surface area contributed by atoms with Gasteiger partial charge in [-0.15, -0.1) is 0 Å². The molecule has 0 bridgehead atoms. The van der Waals surface area contributed by atoms with Crippen LogP contribution in [0.3, 0.4) is 0 Å². The summed E-state index contributed by atoms with van der Waals surface area (Å²) in [7, 11) is -2.14. The van der Waals surface area contributed by atoms with Gasteiger partial charge in [0.15, 0.2) is 8.32 Å². The van der Waals surface area contributed by atoms with Gasteiger partial charge in [0.05, 0.1) is 6.10 Å². The number of amides is 1. The Kier molecular flexibility index (Phi) is 6.99. The molecule has 0 radical (unpaired) electrons. The SMILES string of the molecule is CC(C)(C)[Si](C)(C)OC(c1ccccc1)c1cc(Cl)ccc1NC(=O)c1ccncc1. The molecule has 3 rings (SSSR count). The number of nitrogens with one attached hydrogen (secondary N) is 1. The zero-order chi connectivity index (χ0) is 22.6. The van der Waals surface area contributed by atoms with Gasteiger partial charge < -0.3 is 9.74 Å². The van der Waals surface area contributed by atoms with Crippen molar-refractivity contribution in [3.05, 3.63) is 94.8 Å². The number of rotatable bonds is 6. The number of aromatic nitrogens is 1. The van der Waals surface area contributed by atoms with E-state index in [2.05, 4.69) is 44.2 Å². The number of anilines is 1. The zero-order valence-corrected chi connectivity index (χ0v) is 20.4. The molecule has 1 aromatic heterocycles. The summed E-state index contributed by atoms with van der Waals surface area (Å²) in [5.74, 6) is -0.204. The summed E-state index contributed by atoms with van der Waals surface area (Å²) in [5, 5.41) is 3.66. The van der Waals surface area contributed by atoms with E-state index in [4.69, 9.17) is 16.0 Å². The molecule has 0 aliphatic rings. The molecule has 0 aliphatic heterocycles. The molecule has 1 atom stereocenters. The predicted molar refractivity (Wildman–Crippen MR) is 130 cm³/mol. The minimum atomic E-state index is -2.14. The van der Waals surface area contributed by atoms with Crippen molar-refractivity contribution < 1.29 is 9.22 Å². The van der Waals surface area contributed by atoms with Gasteiger partial charge in [-0.1, -0.05) is 62.7 Å². The van der Waals surface area contributed by atoms with Crippen LogP contribution in [0.25, 0.3) is 0 Å². The predicted octanol–water partition coefficient (Wildman–Crippen LogP) is 7.10. The Morgan fingerprint density at radius 2 is 1.68 bits per heavy atom. The topological polar surface area (TPSA) is 51.2 Å². The number of nitrogens with zero attached hydrogens (tertiary/aromatic N) is 1. The van der Waals surface area contributed by atoms with E-state index >= 15 is 0 Å². The molecule has 0 spiro atoms. The summed E-state index contributed by atoms with van der Waals surface area (Å²) >= 11 is 6.40. The van der Waals surface area contributed by atoms with E-state index in [1.54, 1.807) is 30.6 Å². The van der Waals surface area contributed by atoms with Crippen LogP contribution < -0.4 is 5.32 Å². The highest BCUT2D eigenvalue weighted by Gasteiger charge is 2.40. The first-order valence-corrected chi connectivity index (χ1v) is 13.6. The van der Waals surface area contributed by atoms with Crippen LogP contribution >= 0.6 is 11.6 Å². The summed E-state index contributed by atoms with van der Waals surface area (Å²) in [6, 6.07) is 18.9. The van der Waals surface area contributed by atoms with Crippen LogP contribution in [0.1, 0.15) is 48.4 Å². The number of hydrogen-bond donors (Lipinski definition) is 1. The Morgan fingerprint density at radius 1 is 1.03 bits per heavy atom. The maximum atomic E-state index is 12.9. The molecule has 1 heterocycles. The van der Waals surface area contributed by atoms with Gasteiger partial charge in [-0.3, -0.25) is 9.78 Å². The van der Waals surface area contributed by atoms with Gasteiger partial charge in [0.2, 0.25) is 0 Å². The molecule has 0 aliphatic carbocycles. The summed E-state index contributed by atoms with van der Waals surface area (Å²) in [6.45, 7) is 11.1. The molecule has 4 nitrogen and oxygen atoms in total. The third-order valence-corrected chi connectivity index (χ3v) is 10.5. The van der Waals surface area contributed by atoms with Gasteiger partial charge in [0.1, 0.15) is 0 Å². The lowest BCUT2D eigenvalue weighted by Crippen LogP contribution is -2.42. The van der Waals surface area contributed by atoms with Crippen LogP contribution in [0.4, 0.5) is 5.69 Å². The highest BCUT2D eigenvalue weighted by Crippen LogP contribution is 2.43. The lowest BCUT2D eigenvalue weighted by atomic mass is 9.99. The third kappa shape index (κ3) is 5.61. The van der Waals surface area contributed by atoms with Crippen molar-refractivity contribution in [2.24, 2.45) is 0 Å². The first kappa shape index (κ1) is 23.2. The van der Waals surface area contributed by atoms with Gasteiger partial charge in [0.25, 0.3) is 5.91 Å². The first-order chi connectivity index (χ1) is 14.6. The van der Waals surface area contributed by atoms with Crippen LogP contribution in [-0.2, 0) is 4.43 Å². The number of carbonyl (C=O) groups is 1. The number of benzene rings is 2. The smallest absolute Gasteiger partial charge is 0.255 e. The fraction of sp³-hybridized carbons (Fsp3) is 0.280. The fourth-order valence-electron chi connectivity index (χ4n) is 2.97. The lowest BCUT2D eigenvalue weighted by molar-refractivity contribution is 0.102. The quantitative estimate of drug-likeness (QED) is 0.406. The standard InChI is InChI=1S/C25H29ClN2O2Si/c1-25(2,3)31(4,5)30-23(18-9-7-6-8-10-18)21-17-20(26)11-12-22(21)28-24(29)19-13-15-27-16-14-19/h6-17,23H,1-5H3,(H,28,29). The van der Waals surface area contributed by atoms with Gasteiger partial charge in [0, 0.05) is 34.2 Å². The van der Waals surface area contributed by atoms with Gasteiger partial charge in [-0.05, 0) is 54.0 Å². The first-order valence-electron chi connectivity index (χ1n) is 10.3. The van der Waals surface area contributed by atoms with Crippen molar-refractivity contribution in [2.45, 2.75) is 45.0 Å². The normalized spacial score (nSPS) is 13.0. The van der Waals surface area contributed by atoms with Gasteiger partial charge in [-0.2, -0.15) is 0 Å². The number of carbonyl (C=O) groups excluding carboxylic acids is 1. The monoisotopic (exact) mass is 452 g/mol. The molecule has 0 fully saturated rings. The molecule has 3 aromatic rings. The zero-order valence-electron chi connectivity index (χ0n) is 18.6. The van der Waals surface area contributed by atoms with Crippen molar-refractivity contribution in [3.63, 3.8) is 0 Å². The minimum absolute atomic E-state index is 0.0268. The summed E-state index contributed by atoms with van der Waals surface area (Å²) < 4.78 is 6.88. The molecular weight excluding hydrogens is 424 g/mol. The second-order valence-corrected chi connectivity index (χ2v) is 14.3. The molecule has 2 aromatic carbocycles. The van der Waals surface area contributed by atoms with Crippen LogP contribution in [0, 0.1) is 0 Å². The van der Waals surface area contributed by atoms with E-state index in [1.807, 2.05) is 42.5 Å². The maximum absolute atomic E-state index is 12.9. The average molecular weight is 453 g/mol. The van der Waals surface area contributed by atoms with Crippen LogP contribution in [0.5, 0.6) is 0 Å². The van der Waals surface area contributed by atoms with Crippen LogP contribution in [0.2, 0.25) is 23.2 Å². The molecule has 0 saturated heterocycles. The Bertz CT molecular complexity index is 1030. The second-order valence-electron chi connectivity index (χ2n) is 9.09. The van der Waals surface area contributed by atoms with Crippen molar-refractivity contribution in [1.82, 2.24) is 4.98 Å². The highest BCUT2D eigenvalue weighted by atomic mass is 35.5. The second kappa shape index (κ2) is 9.35. The van der Waals surface area contributed by atoms with Crippen LogP contribution in [0.15, 0.2) is 73.1 Å². The van der Waals surface area contributed by atoms with E-state index in [0.29, 0.717) is 16.3 Å². The number of hydrogen-bond acceptors (Lipinski definition) is 3. The summed E-state index contributed by atoms with van der Waals surface area (Å²) in [6.07, 6.45) is 2.85. The molecule has 6 heteroatoms. The number of halogens is 1. The van der Waals surface area contributed by atoms with Gasteiger partial charge >= 0.3 is 0 Å². The lowest BCUT2D eigenvalue weighted by Gasteiger charge is -2.40. The molecule has 31 heavy (non-hydrogen) atoms. The molecular formula is C25H29ClN2O2Si. The van der Waals surface area contributed by atoms with E-state index < -0.39 is 8.32 Å². The van der Waals surface area contributed by atoms with Gasteiger partial charge in [-0.25, -0.2) is 0 Å². The molecule has 1 unspecified atom stereocenters. The van der Waals surface area contributed by atoms with Crippen molar-refractivity contribution >= 4 is 31.5 Å². The Hall–Kier alpha value is -2.47. The van der Waals surface area contributed by atoms with Crippen molar-refractivity contribution in [2.75, 3.05) is 5.32 Å². The average Bonchev–Trinajstić information content (AvgIpc) is 2.74. The van der Waals surface area contributed by atoms with E-state index in [0.717, 1.165) is 11.1 Å². The fourth-order valence-corrected chi connectivity index (χ4v) is 4.36. The van der Waals surface area contributed by atoms with E-state index in [1.165, 1.54) is 0 Å². The summed E-state index contributed by atoms with van der Waals surface area (Å²) in [5.41, 5.74) is 3.08. The molecule has 162 valence electrons. The number of pyridine rings is 1. The Morgan fingerprint density at radius 3 is 2.29 bits per heavy atom.